The number of hydrogen-bond acceptors (Lipinski definition) is 5. The molecule has 3 rings (SSSR count). The Morgan fingerprint density at radius 1 is 1.17 bits per heavy atom. The zero-order chi connectivity index (χ0) is 12.4. The minimum absolute atomic E-state index is 0.275. The number of aromatic nitrogens is 3. The molecular weight excluding hydrogens is 230 g/mol. The fraction of sp³-hybridized carbons (Fsp3) is 0.154. The summed E-state index contributed by atoms with van der Waals surface area (Å²) in [6.07, 6.45) is 3.58. The fourth-order valence-electron chi connectivity index (χ4n) is 1.69. The highest BCUT2D eigenvalue weighted by atomic mass is 16.5. The van der Waals surface area contributed by atoms with Gasteiger partial charge in [0, 0.05) is 24.7 Å². The van der Waals surface area contributed by atoms with E-state index in [0.29, 0.717) is 11.8 Å². The molecule has 2 heterocycles. The first kappa shape index (κ1) is 10.7. The average molecular weight is 241 g/mol. The molecule has 0 radical (unpaired) electrons. The quantitative estimate of drug-likeness (QED) is 0.705. The molecule has 0 amide bonds. The summed E-state index contributed by atoms with van der Waals surface area (Å²) in [6, 6.07) is 7.77. The summed E-state index contributed by atoms with van der Waals surface area (Å²) in [7, 11) is 0. The topological polar surface area (TPSA) is 61.0 Å². The molecule has 0 N–H and O–H groups in total. The van der Waals surface area contributed by atoms with Gasteiger partial charge in [0.15, 0.2) is 6.61 Å². The smallest absolute Gasteiger partial charge is 0.253 e. The van der Waals surface area contributed by atoms with Crippen LogP contribution in [0.15, 0.2) is 41.1 Å². The number of hydrogen-bond donors (Lipinski definition) is 0. The molecule has 5 heteroatoms. The third-order valence-corrected chi connectivity index (χ3v) is 2.54. The average Bonchev–Trinajstić information content (AvgIpc) is 2.82. The van der Waals surface area contributed by atoms with Gasteiger partial charge in [-0.3, -0.25) is 4.98 Å². The molecule has 1 aromatic carbocycles. The fourth-order valence-corrected chi connectivity index (χ4v) is 1.69. The molecule has 18 heavy (non-hydrogen) atoms. The van der Waals surface area contributed by atoms with Crippen LogP contribution in [0, 0.1) is 6.92 Å². The third kappa shape index (κ3) is 2.15. The zero-order valence-corrected chi connectivity index (χ0v) is 9.83. The van der Waals surface area contributed by atoms with Gasteiger partial charge in [-0.05, 0) is 29.7 Å². The first-order valence-corrected chi connectivity index (χ1v) is 5.57. The van der Waals surface area contributed by atoms with E-state index in [4.69, 9.17) is 9.15 Å². The molecule has 0 spiro atoms. The Balaban J connectivity index is 1.78. The highest BCUT2D eigenvalue weighted by Crippen LogP contribution is 2.20. The number of benzene rings is 1. The standard InChI is InChI=1S/C13H11N3O2/c1-9-15-16-13(18-9)8-17-12-3-2-11-7-14-5-4-10(11)6-12/h2-7H,8H2,1H3. The highest BCUT2D eigenvalue weighted by Gasteiger charge is 2.03. The van der Waals surface area contributed by atoms with E-state index in [-0.39, 0.29) is 6.61 Å². The van der Waals surface area contributed by atoms with Crippen molar-refractivity contribution in [3.8, 4) is 5.75 Å². The molecule has 0 aliphatic carbocycles. The lowest BCUT2D eigenvalue weighted by atomic mass is 10.2. The van der Waals surface area contributed by atoms with E-state index in [1.165, 1.54) is 0 Å². The molecule has 3 aromatic rings. The largest absolute Gasteiger partial charge is 0.484 e. The van der Waals surface area contributed by atoms with Crippen molar-refractivity contribution in [1.82, 2.24) is 15.2 Å². The molecule has 0 aliphatic rings. The van der Waals surface area contributed by atoms with Gasteiger partial charge in [-0.15, -0.1) is 10.2 Å². The van der Waals surface area contributed by atoms with E-state index in [1.807, 2.05) is 30.5 Å². The number of nitrogens with zero attached hydrogens (tertiary/aromatic N) is 3. The molecular formula is C13H11N3O2. The van der Waals surface area contributed by atoms with Crippen LogP contribution in [0.3, 0.4) is 0 Å². The Bertz CT molecular complexity index is 679. The van der Waals surface area contributed by atoms with Crippen LogP contribution in [-0.2, 0) is 6.61 Å². The molecule has 2 aromatic heterocycles. The monoisotopic (exact) mass is 241 g/mol. The van der Waals surface area contributed by atoms with Gasteiger partial charge in [0.2, 0.25) is 5.89 Å². The van der Waals surface area contributed by atoms with Crippen LogP contribution in [0.2, 0.25) is 0 Å². The van der Waals surface area contributed by atoms with Crippen LogP contribution >= 0.6 is 0 Å². The van der Waals surface area contributed by atoms with Gasteiger partial charge in [0.05, 0.1) is 0 Å². The van der Waals surface area contributed by atoms with Crippen LogP contribution in [0.25, 0.3) is 10.8 Å². The van der Waals surface area contributed by atoms with Gasteiger partial charge < -0.3 is 9.15 Å². The van der Waals surface area contributed by atoms with E-state index < -0.39 is 0 Å². The normalized spacial score (nSPS) is 10.7. The first-order chi connectivity index (χ1) is 8.81. The molecule has 0 saturated carbocycles. The summed E-state index contributed by atoms with van der Waals surface area (Å²) in [5.74, 6) is 1.78. The molecule has 0 unspecified atom stereocenters. The maximum Gasteiger partial charge on any atom is 0.253 e. The summed E-state index contributed by atoms with van der Waals surface area (Å²) in [5, 5.41) is 9.78. The van der Waals surface area contributed by atoms with Gasteiger partial charge in [0.1, 0.15) is 5.75 Å². The van der Waals surface area contributed by atoms with E-state index in [0.717, 1.165) is 16.5 Å². The summed E-state index contributed by atoms with van der Waals surface area (Å²) in [4.78, 5) is 4.06. The lowest BCUT2D eigenvalue weighted by Gasteiger charge is -2.04. The zero-order valence-electron chi connectivity index (χ0n) is 9.83. The molecule has 5 nitrogen and oxygen atoms in total. The minimum Gasteiger partial charge on any atom is -0.484 e. The van der Waals surface area contributed by atoms with Gasteiger partial charge in [0.25, 0.3) is 5.89 Å². The van der Waals surface area contributed by atoms with E-state index >= 15 is 0 Å². The van der Waals surface area contributed by atoms with Crippen LogP contribution in [-0.4, -0.2) is 15.2 Å². The molecule has 0 atom stereocenters. The lowest BCUT2D eigenvalue weighted by Crippen LogP contribution is -1.95. The van der Waals surface area contributed by atoms with Gasteiger partial charge in [-0.2, -0.15) is 0 Å². The Morgan fingerprint density at radius 3 is 2.94 bits per heavy atom. The number of rotatable bonds is 3. The van der Waals surface area contributed by atoms with Crippen molar-refractivity contribution in [3.05, 3.63) is 48.4 Å². The second-order valence-corrected chi connectivity index (χ2v) is 3.89. The van der Waals surface area contributed by atoms with Crippen molar-refractivity contribution < 1.29 is 9.15 Å². The summed E-state index contributed by atoms with van der Waals surface area (Å²) in [6.45, 7) is 2.02. The van der Waals surface area contributed by atoms with Crippen molar-refractivity contribution in [3.63, 3.8) is 0 Å². The van der Waals surface area contributed by atoms with Crippen molar-refractivity contribution in [1.29, 1.82) is 0 Å². The molecule has 0 fully saturated rings. The SMILES string of the molecule is Cc1nnc(COc2ccc3cnccc3c2)o1. The van der Waals surface area contributed by atoms with Crippen molar-refractivity contribution in [2.75, 3.05) is 0 Å². The van der Waals surface area contributed by atoms with Crippen LogP contribution in [0.5, 0.6) is 5.75 Å². The van der Waals surface area contributed by atoms with Gasteiger partial charge in [-0.1, -0.05) is 0 Å². The predicted molar refractivity (Wildman–Crippen MR) is 65.1 cm³/mol. The van der Waals surface area contributed by atoms with E-state index in [2.05, 4.69) is 15.2 Å². The summed E-state index contributed by atoms with van der Waals surface area (Å²) < 4.78 is 10.8. The lowest BCUT2D eigenvalue weighted by molar-refractivity contribution is 0.260. The maximum atomic E-state index is 5.60. The number of aryl methyl sites for hydroxylation is 1. The van der Waals surface area contributed by atoms with E-state index in [9.17, 15) is 0 Å². The number of pyridine rings is 1. The van der Waals surface area contributed by atoms with Gasteiger partial charge in [-0.25, -0.2) is 0 Å². The Kier molecular flexibility index (Phi) is 2.64. The molecule has 0 aliphatic heterocycles. The Hall–Kier alpha value is -2.43. The summed E-state index contributed by atoms with van der Waals surface area (Å²) >= 11 is 0. The second kappa shape index (κ2) is 4.44. The summed E-state index contributed by atoms with van der Waals surface area (Å²) in [5.41, 5.74) is 0. The Labute approximate surface area is 103 Å². The minimum atomic E-state index is 0.275. The predicted octanol–water partition coefficient (Wildman–Crippen LogP) is 2.51. The number of ether oxygens (including phenoxy) is 1. The van der Waals surface area contributed by atoms with Crippen molar-refractivity contribution in [2.24, 2.45) is 0 Å². The Morgan fingerprint density at radius 2 is 2.11 bits per heavy atom. The molecule has 0 bridgehead atoms. The van der Waals surface area contributed by atoms with Crippen molar-refractivity contribution in [2.45, 2.75) is 13.5 Å². The first-order valence-electron chi connectivity index (χ1n) is 5.57. The van der Waals surface area contributed by atoms with Crippen LogP contribution in [0.1, 0.15) is 11.8 Å². The third-order valence-electron chi connectivity index (χ3n) is 2.54. The van der Waals surface area contributed by atoms with Crippen LogP contribution in [0.4, 0.5) is 0 Å². The maximum absolute atomic E-state index is 5.60. The highest BCUT2D eigenvalue weighted by molar-refractivity contribution is 5.82. The molecule has 0 saturated heterocycles. The molecule has 90 valence electrons. The van der Waals surface area contributed by atoms with Crippen LogP contribution < -0.4 is 4.74 Å². The van der Waals surface area contributed by atoms with Gasteiger partial charge >= 0.3 is 0 Å². The van der Waals surface area contributed by atoms with Crippen molar-refractivity contribution >= 4 is 10.8 Å². The second-order valence-electron chi connectivity index (χ2n) is 3.89. The number of fused-ring (bicyclic) bond motifs is 1. The van der Waals surface area contributed by atoms with E-state index in [1.54, 1.807) is 13.1 Å².